The third-order valence-electron chi connectivity index (χ3n) is 2.10. The zero-order valence-corrected chi connectivity index (χ0v) is 11.0. The van der Waals surface area contributed by atoms with Gasteiger partial charge in [-0.1, -0.05) is 19.9 Å². The Morgan fingerprint density at radius 3 is 2.61 bits per heavy atom. The smallest absolute Gasteiger partial charge is 0.232 e. The van der Waals surface area contributed by atoms with E-state index in [1.165, 1.54) is 12.1 Å². The lowest BCUT2D eigenvalue weighted by Gasteiger charge is -2.13. The molecule has 4 N–H and O–H groups in total. The average molecular weight is 273 g/mol. The van der Waals surface area contributed by atoms with E-state index in [0.717, 1.165) is 6.07 Å². The summed E-state index contributed by atoms with van der Waals surface area (Å²) < 4.78 is 39.2. The predicted molar refractivity (Wildman–Crippen MR) is 69.7 cm³/mol. The van der Waals surface area contributed by atoms with Crippen molar-refractivity contribution in [2.45, 2.75) is 13.8 Å². The summed E-state index contributed by atoms with van der Waals surface area (Å²) in [6.45, 7) is 3.52. The maximum atomic E-state index is 13.5. The molecule has 0 aromatic heterocycles. The third kappa shape index (κ3) is 3.69. The molecule has 0 aliphatic heterocycles. The number of sulfonamides is 1. The summed E-state index contributed by atoms with van der Waals surface area (Å²) in [5.41, 5.74) is 5.00. The topological polar surface area (TPSA) is 96.0 Å². The van der Waals surface area contributed by atoms with E-state index in [4.69, 9.17) is 11.1 Å². The van der Waals surface area contributed by atoms with Crippen molar-refractivity contribution >= 4 is 21.5 Å². The summed E-state index contributed by atoms with van der Waals surface area (Å²) in [6.07, 6.45) is 0. The van der Waals surface area contributed by atoms with Crippen molar-refractivity contribution in [3.05, 3.63) is 29.6 Å². The van der Waals surface area contributed by atoms with Crippen LogP contribution in [-0.4, -0.2) is 20.0 Å². The SMILES string of the molecule is CC(C)CS(=O)(=O)Nc1cccc(F)c1C(=N)N. The van der Waals surface area contributed by atoms with Gasteiger partial charge in [-0.2, -0.15) is 0 Å². The van der Waals surface area contributed by atoms with Gasteiger partial charge in [-0.25, -0.2) is 12.8 Å². The number of benzene rings is 1. The molecule has 0 radical (unpaired) electrons. The monoisotopic (exact) mass is 273 g/mol. The summed E-state index contributed by atoms with van der Waals surface area (Å²) in [4.78, 5) is 0. The highest BCUT2D eigenvalue weighted by molar-refractivity contribution is 7.92. The van der Waals surface area contributed by atoms with Crippen molar-refractivity contribution in [3.63, 3.8) is 0 Å². The first-order chi connectivity index (χ1) is 8.23. The van der Waals surface area contributed by atoms with Crippen LogP contribution in [0.5, 0.6) is 0 Å². The van der Waals surface area contributed by atoms with E-state index in [1.54, 1.807) is 13.8 Å². The minimum absolute atomic E-state index is 0.0110. The van der Waals surface area contributed by atoms with Crippen LogP contribution in [-0.2, 0) is 10.0 Å². The molecule has 5 nitrogen and oxygen atoms in total. The Hall–Kier alpha value is -1.63. The lowest BCUT2D eigenvalue weighted by Crippen LogP contribution is -2.23. The Morgan fingerprint density at radius 1 is 1.50 bits per heavy atom. The second-order valence-corrected chi connectivity index (χ2v) is 6.12. The van der Waals surface area contributed by atoms with Gasteiger partial charge in [-0.05, 0) is 18.1 Å². The largest absolute Gasteiger partial charge is 0.384 e. The Morgan fingerprint density at radius 2 is 2.11 bits per heavy atom. The Kier molecular flexibility index (Phi) is 4.28. The van der Waals surface area contributed by atoms with Crippen molar-refractivity contribution in [1.82, 2.24) is 0 Å². The van der Waals surface area contributed by atoms with Gasteiger partial charge >= 0.3 is 0 Å². The van der Waals surface area contributed by atoms with E-state index in [0.29, 0.717) is 0 Å². The molecule has 0 heterocycles. The van der Waals surface area contributed by atoms with Gasteiger partial charge in [-0.3, -0.25) is 10.1 Å². The summed E-state index contributed by atoms with van der Waals surface area (Å²) in [6, 6.07) is 3.85. The number of amidine groups is 1. The standard InChI is InChI=1S/C11H16FN3O2S/c1-7(2)6-18(16,17)15-9-5-3-4-8(12)10(9)11(13)14/h3-5,7,15H,6H2,1-2H3,(H3,13,14). The summed E-state index contributed by atoms with van der Waals surface area (Å²) in [5.74, 6) is -1.39. The first-order valence-corrected chi connectivity index (χ1v) is 7.01. The Bertz CT molecular complexity index is 555. The fraction of sp³-hybridized carbons (Fsp3) is 0.364. The molecule has 18 heavy (non-hydrogen) atoms. The highest BCUT2D eigenvalue weighted by Crippen LogP contribution is 2.20. The maximum absolute atomic E-state index is 13.5. The molecule has 0 aliphatic rings. The first-order valence-electron chi connectivity index (χ1n) is 5.36. The van der Waals surface area contributed by atoms with Crippen LogP contribution in [0.2, 0.25) is 0 Å². The molecular formula is C11H16FN3O2S. The highest BCUT2D eigenvalue weighted by atomic mass is 32.2. The fourth-order valence-electron chi connectivity index (χ4n) is 1.53. The fourth-order valence-corrected chi connectivity index (χ4v) is 3.00. The molecule has 1 aromatic rings. The lowest BCUT2D eigenvalue weighted by atomic mass is 10.1. The van der Waals surface area contributed by atoms with Crippen LogP contribution in [0.25, 0.3) is 0 Å². The van der Waals surface area contributed by atoms with Gasteiger partial charge in [0.15, 0.2) is 0 Å². The molecule has 0 aliphatic carbocycles. The number of halogens is 1. The van der Waals surface area contributed by atoms with Crippen LogP contribution in [0.3, 0.4) is 0 Å². The molecular weight excluding hydrogens is 257 g/mol. The Labute approximate surface area is 106 Å². The molecule has 0 saturated carbocycles. The van der Waals surface area contributed by atoms with Gasteiger partial charge in [0.25, 0.3) is 0 Å². The van der Waals surface area contributed by atoms with Crippen LogP contribution in [0.15, 0.2) is 18.2 Å². The molecule has 100 valence electrons. The van der Waals surface area contributed by atoms with Gasteiger partial charge in [0.1, 0.15) is 11.7 Å². The number of hydrogen-bond donors (Lipinski definition) is 3. The normalized spacial score (nSPS) is 11.6. The lowest BCUT2D eigenvalue weighted by molar-refractivity contribution is 0.587. The van der Waals surface area contributed by atoms with Gasteiger partial charge in [0.05, 0.1) is 17.0 Å². The van der Waals surface area contributed by atoms with Crippen molar-refractivity contribution in [3.8, 4) is 0 Å². The minimum Gasteiger partial charge on any atom is -0.384 e. The minimum atomic E-state index is -3.58. The molecule has 0 saturated heterocycles. The van der Waals surface area contributed by atoms with Gasteiger partial charge in [-0.15, -0.1) is 0 Å². The third-order valence-corrected chi connectivity index (χ3v) is 3.74. The van der Waals surface area contributed by atoms with E-state index in [1.807, 2.05) is 0 Å². The summed E-state index contributed by atoms with van der Waals surface area (Å²) >= 11 is 0. The highest BCUT2D eigenvalue weighted by Gasteiger charge is 2.18. The zero-order chi connectivity index (χ0) is 13.9. The second-order valence-electron chi connectivity index (χ2n) is 4.35. The van der Waals surface area contributed by atoms with E-state index < -0.39 is 21.7 Å². The first kappa shape index (κ1) is 14.4. The van der Waals surface area contributed by atoms with Crippen molar-refractivity contribution in [2.75, 3.05) is 10.5 Å². The molecule has 0 unspecified atom stereocenters. The van der Waals surface area contributed by atoms with Crippen LogP contribution < -0.4 is 10.5 Å². The molecule has 7 heteroatoms. The molecule has 1 rings (SSSR count). The van der Waals surface area contributed by atoms with Crippen molar-refractivity contribution < 1.29 is 12.8 Å². The average Bonchev–Trinajstić information content (AvgIpc) is 2.13. The predicted octanol–water partition coefficient (Wildman–Crippen LogP) is 1.51. The molecule has 0 fully saturated rings. The summed E-state index contributed by atoms with van der Waals surface area (Å²) in [5, 5.41) is 7.27. The van der Waals surface area contributed by atoms with Crippen LogP contribution in [0.1, 0.15) is 19.4 Å². The molecule has 0 atom stereocenters. The van der Waals surface area contributed by atoms with Crippen molar-refractivity contribution in [1.29, 1.82) is 5.41 Å². The number of hydrogen-bond acceptors (Lipinski definition) is 3. The van der Waals surface area contributed by atoms with E-state index >= 15 is 0 Å². The van der Waals surface area contributed by atoms with Gasteiger partial charge in [0, 0.05) is 0 Å². The quantitative estimate of drug-likeness (QED) is 0.560. The number of nitrogens with two attached hydrogens (primary N) is 1. The Balaban J connectivity index is 3.13. The van der Waals surface area contributed by atoms with Crippen LogP contribution in [0, 0.1) is 17.1 Å². The number of rotatable bonds is 5. The molecule has 0 amide bonds. The zero-order valence-electron chi connectivity index (χ0n) is 10.2. The summed E-state index contributed by atoms with van der Waals surface area (Å²) in [7, 11) is -3.58. The number of nitrogens with one attached hydrogen (secondary N) is 2. The molecule has 0 spiro atoms. The van der Waals surface area contributed by atoms with E-state index in [2.05, 4.69) is 4.72 Å². The van der Waals surface area contributed by atoms with Crippen LogP contribution >= 0.6 is 0 Å². The number of nitrogen functional groups attached to an aromatic ring is 1. The second kappa shape index (κ2) is 5.34. The van der Waals surface area contributed by atoms with Gasteiger partial charge in [0.2, 0.25) is 10.0 Å². The molecule has 0 bridgehead atoms. The van der Waals surface area contributed by atoms with E-state index in [9.17, 15) is 12.8 Å². The van der Waals surface area contributed by atoms with Gasteiger partial charge < -0.3 is 5.73 Å². The van der Waals surface area contributed by atoms with Crippen LogP contribution in [0.4, 0.5) is 10.1 Å². The van der Waals surface area contributed by atoms with Crippen molar-refractivity contribution in [2.24, 2.45) is 11.7 Å². The van der Waals surface area contributed by atoms with E-state index in [-0.39, 0.29) is 22.9 Å². The molecule has 1 aromatic carbocycles. The maximum Gasteiger partial charge on any atom is 0.232 e. The number of anilines is 1.